The molecular weight excluding hydrogens is 352 g/mol. The molecule has 0 aliphatic heterocycles. The smallest absolute Gasteiger partial charge is 0.237 e. The number of rotatable bonds is 5. The molecule has 0 spiro atoms. The molecule has 4 nitrogen and oxygen atoms in total. The monoisotopic (exact) mass is 366 g/mol. The number of carbonyl (C=O) groups is 1. The third-order valence-corrected chi connectivity index (χ3v) is 3.81. The lowest BCUT2D eigenvalue weighted by Crippen LogP contribution is -2.44. The van der Waals surface area contributed by atoms with Crippen LogP contribution in [0.1, 0.15) is 26.5 Å². The van der Waals surface area contributed by atoms with Crippen LogP contribution in [0.4, 0.5) is 0 Å². The van der Waals surface area contributed by atoms with E-state index in [2.05, 4.69) is 42.5 Å². The van der Waals surface area contributed by atoms with Crippen molar-refractivity contribution in [3.8, 4) is 0 Å². The largest absolute Gasteiger partial charge is 0.452 e. The molecule has 17 heavy (non-hydrogen) atoms. The maximum Gasteiger partial charge on any atom is 0.237 e. The minimum absolute atomic E-state index is 0.00955. The van der Waals surface area contributed by atoms with Gasteiger partial charge in [0.25, 0.3) is 0 Å². The zero-order valence-electron chi connectivity index (χ0n) is 10.0. The Hall–Kier alpha value is -0.330. The molecule has 0 fully saturated rings. The molecule has 0 aliphatic rings. The van der Waals surface area contributed by atoms with Gasteiger partial charge in [-0.3, -0.25) is 10.1 Å². The van der Waals surface area contributed by atoms with E-state index in [9.17, 15) is 4.79 Å². The lowest BCUT2D eigenvalue weighted by Gasteiger charge is -2.15. The predicted octanol–water partition coefficient (Wildman–Crippen LogP) is 2.81. The molecule has 1 amide bonds. The first-order chi connectivity index (χ1) is 7.90. The van der Waals surface area contributed by atoms with Gasteiger partial charge in [-0.1, -0.05) is 0 Å². The van der Waals surface area contributed by atoms with Crippen molar-refractivity contribution in [3.05, 3.63) is 21.0 Å². The zero-order chi connectivity index (χ0) is 13.0. The van der Waals surface area contributed by atoms with E-state index >= 15 is 0 Å². The number of hydrogen-bond donors (Lipinski definition) is 2. The third kappa shape index (κ3) is 4.81. The minimum atomic E-state index is -0.250. The molecule has 0 saturated heterocycles. The fraction of sp³-hybridized carbons (Fsp3) is 0.545. The van der Waals surface area contributed by atoms with Crippen LogP contribution in [0, 0.1) is 0 Å². The van der Waals surface area contributed by atoms with Crippen LogP contribution in [0.5, 0.6) is 0 Å². The van der Waals surface area contributed by atoms with Crippen molar-refractivity contribution in [1.29, 1.82) is 0 Å². The minimum Gasteiger partial charge on any atom is -0.452 e. The Morgan fingerprint density at radius 3 is 2.53 bits per heavy atom. The summed E-state index contributed by atoms with van der Waals surface area (Å²) >= 11 is 6.60. The zero-order valence-corrected chi connectivity index (χ0v) is 13.2. The topological polar surface area (TPSA) is 54.3 Å². The third-order valence-electron chi connectivity index (χ3n) is 2.10. The lowest BCUT2D eigenvalue weighted by atomic mass is 10.2. The van der Waals surface area contributed by atoms with Gasteiger partial charge in [0.1, 0.15) is 5.76 Å². The van der Waals surface area contributed by atoms with Crippen LogP contribution < -0.4 is 10.6 Å². The second kappa shape index (κ2) is 6.56. The average molecular weight is 368 g/mol. The normalized spacial score (nSPS) is 12.8. The Balaban J connectivity index is 2.42. The number of amides is 1. The van der Waals surface area contributed by atoms with Gasteiger partial charge in [0.2, 0.25) is 5.91 Å². The Kier molecular flexibility index (Phi) is 5.69. The van der Waals surface area contributed by atoms with E-state index < -0.39 is 0 Å². The summed E-state index contributed by atoms with van der Waals surface area (Å²) in [5, 5.41) is 5.94. The second-order valence-corrected chi connectivity index (χ2v) is 5.67. The number of carbonyl (C=O) groups excluding carboxylic acids is 1. The molecule has 0 radical (unpaired) electrons. The van der Waals surface area contributed by atoms with Gasteiger partial charge >= 0.3 is 0 Å². The van der Waals surface area contributed by atoms with Crippen molar-refractivity contribution in [2.45, 2.75) is 39.4 Å². The first-order valence-corrected chi connectivity index (χ1v) is 6.96. The van der Waals surface area contributed by atoms with Gasteiger partial charge in [-0.25, -0.2) is 0 Å². The van der Waals surface area contributed by atoms with Crippen molar-refractivity contribution in [2.24, 2.45) is 0 Å². The summed E-state index contributed by atoms with van der Waals surface area (Å²) in [6.07, 6.45) is 0. The molecule has 0 aromatic carbocycles. The fourth-order valence-electron chi connectivity index (χ4n) is 1.23. The predicted molar refractivity (Wildman–Crippen MR) is 73.7 cm³/mol. The van der Waals surface area contributed by atoms with Gasteiger partial charge in [-0.15, -0.1) is 0 Å². The first-order valence-electron chi connectivity index (χ1n) is 5.37. The quantitative estimate of drug-likeness (QED) is 0.841. The number of furan rings is 1. The molecule has 1 aromatic rings. The molecule has 0 aliphatic carbocycles. The molecule has 0 bridgehead atoms. The number of nitrogens with one attached hydrogen (secondary N) is 2. The molecule has 6 heteroatoms. The summed E-state index contributed by atoms with van der Waals surface area (Å²) in [7, 11) is 0. The molecule has 96 valence electrons. The molecule has 1 atom stereocenters. The highest BCUT2D eigenvalue weighted by Crippen LogP contribution is 2.26. The fourth-order valence-corrected chi connectivity index (χ4v) is 1.89. The first kappa shape index (κ1) is 14.7. The molecule has 1 rings (SSSR count). The Morgan fingerprint density at radius 2 is 2.06 bits per heavy atom. The summed E-state index contributed by atoms with van der Waals surface area (Å²) in [5.74, 6) is 0.762. The van der Waals surface area contributed by atoms with E-state index in [1.807, 2.05) is 26.8 Å². The summed E-state index contributed by atoms with van der Waals surface area (Å²) in [6.45, 7) is 6.21. The van der Waals surface area contributed by atoms with Gasteiger partial charge in [-0.05, 0) is 58.7 Å². The van der Waals surface area contributed by atoms with Crippen molar-refractivity contribution in [3.63, 3.8) is 0 Å². The van der Waals surface area contributed by atoms with Crippen molar-refractivity contribution in [2.75, 3.05) is 0 Å². The second-order valence-electron chi connectivity index (χ2n) is 4.10. The molecule has 2 N–H and O–H groups in total. The van der Waals surface area contributed by atoms with Crippen LogP contribution in [-0.2, 0) is 11.3 Å². The molecule has 0 saturated carbocycles. The van der Waals surface area contributed by atoms with Crippen molar-refractivity contribution >= 4 is 37.8 Å². The van der Waals surface area contributed by atoms with Crippen LogP contribution in [0.15, 0.2) is 19.6 Å². The molecule has 1 aromatic heterocycles. The van der Waals surface area contributed by atoms with Crippen molar-refractivity contribution in [1.82, 2.24) is 10.6 Å². The van der Waals surface area contributed by atoms with Gasteiger partial charge < -0.3 is 9.73 Å². The maximum absolute atomic E-state index is 11.6. The van der Waals surface area contributed by atoms with E-state index in [1.54, 1.807) is 0 Å². The summed E-state index contributed by atoms with van der Waals surface area (Å²) in [5.41, 5.74) is 0. The standard InChI is InChI=1S/C11H16Br2N2O2/c1-6(2)15-11(16)7(3)14-5-8-4-9(12)10(13)17-8/h4,6-7,14H,5H2,1-3H3,(H,15,16). The lowest BCUT2D eigenvalue weighted by molar-refractivity contribution is -0.123. The van der Waals surface area contributed by atoms with E-state index in [1.165, 1.54) is 0 Å². The van der Waals surface area contributed by atoms with Gasteiger partial charge in [0.15, 0.2) is 4.67 Å². The highest BCUT2D eigenvalue weighted by atomic mass is 79.9. The van der Waals surface area contributed by atoms with Crippen LogP contribution in [0.3, 0.4) is 0 Å². The Labute approximate surface area is 118 Å². The Morgan fingerprint density at radius 1 is 1.41 bits per heavy atom. The van der Waals surface area contributed by atoms with Crippen LogP contribution in [0.2, 0.25) is 0 Å². The van der Waals surface area contributed by atoms with Gasteiger partial charge in [0.05, 0.1) is 17.1 Å². The van der Waals surface area contributed by atoms with Gasteiger partial charge in [-0.2, -0.15) is 0 Å². The molecule has 1 unspecified atom stereocenters. The summed E-state index contributed by atoms with van der Waals surface area (Å²) < 4.78 is 6.93. The SMILES string of the molecule is CC(C)NC(=O)C(C)NCc1cc(Br)c(Br)o1. The number of halogens is 2. The van der Waals surface area contributed by atoms with Crippen LogP contribution >= 0.6 is 31.9 Å². The summed E-state index contributed by atoms with van der Waals surface area (Å²) in [4.78, 5) is 11.6. The van der Waals surface area contributed by atoms with E-state index in [0.29, 0.717) is 11.2 Å². The van der Waals surface area contributed by atoms with E-state index in [4.69, 9.17) is 4.42 Å². The van der Waals surface area contributed by atoms with E-state index in [0.717, 1.165) is 10.2 Å². The highest BCUT2D eigenvalue weighted by Gasteiger charge is 2.14. The van der Waals surface area contributed by atoms with E-state index in [-0.39, 0.29) is 18.0 Å². The average Bonchev–Trinajstić information content (AvgIpc) is 2.54. The van der Waals surface area contributed by atoms with Gasteiger partial charge in [0, 0.05) is 6.04 Å². The molecule has 1 heterocycles. The Bertz CT molecular complexity index is 371. The molecular formula is C11H16Br2N2O2. The highest BCUT2D eigenvalue weighted by molar-refractivity contribution is 9.13. The number of hydrogen-bond acceptors (Lipinski definition) is 3. The van der Waals surface area contributed by atoms with Crippen molar-refractivity contribution < 1.29 is 9.21 Å². The summed E-state index contributed by atoms with van der Waals surface area (Å²) in [6, 6.07) is 1.77. The van der Waals surface area contributed by atoms with Crippen LogP contribution in [0.25, 0.3) is 0 Å². The maximum atomic E-state index is 11.6. The van der Waals surface area contributed by atoms with Crippen LogP contribution in [-0.4, -0.2) is 18.0 Å².